The summed E-state index contributed by atoms with van der Waals surface area (Å²) < 4.78 is 4.91. The Bertz CT molecular complexity index is 589. The van der Waals surface area contributed by atoms with Crippen LogP contribution < -0.4 is 5.43 Å². The zero-order valence-corrected chi connectivity index (χ0v) is 10.7. The third kappa shape index (κ3) is 4.12. The number of furan rings is 1. The van der Waals surface area contributed by atoms with Gasteiger partial charge in [0.05, 0.1) is 17.5 Å². The van der Waals surface area contributed by atoms with Crippen molar-refractivity contribution in [2.45, 2.75) is 0 Å². The molecule has 96 valence electrons. The number of amides is 1. The number of rotatable bonds is 4. The monoisotopic (exact) mass is 274 g/mol. The van der Waals surface area contributed by atoms with Crippen LogP contribution in [-0.4, -0.2) is 12.1 Å². The van der Waals surface area contributed by atoms with E-state index in [2.05, 4.69) is 10.5 Å². The van der Waals surface area contributed by atoms with Gasteiger partial charge in [-0.3, -0.25) is 4.79 Å². The molecule has 2 rings (SSSR count). The molecule has 1 N–H and O–H groups in total. The quantitative estimate of drug-likeness (QED) is 0.687. The SMILES string of the molecule is O=C(N/N=C/C(Cl)=C/c1ccccc1)c1ccco1. The van der Waals surface area contributed by atoms with Crippen molar-refractivity contribution < 1.29 is 9.21 Å². The number of nitrogens with zero attached hydrogens (tertiary/aromatic N) is 1. The van der Waals surface area contributed by atoms with Crippen molar-refractivity contribution >= 4 is 29.8 Å². The smallest absolute Gasteiger partial charge is 0.307 e. The molecule has 0 bridgehead atoms. The maximum Gasteiger partial charge on any atom is 0.307 e. The van der Waals surface area contributed by atoms with E-state index in [1.807, 2.05) is 30.3 Å². The van der Waals surface area contributed by atoms with Gasteiger partial charge >= 0.3 is 5.91 Å². The van der Waals surface area contributed by atoms with Crippen molar-refractivity contribution in [2.24, 2.45) is 5.10 Å². The number of nitrogens with one attached hydrogen (secondary N) is 1. The summed E-state index contributed by atoms with van der Waals surface area (Å²) in [6.07, 6.45) is 4.51. The number of carbonyl (C=O) groups is 1. The van der Waals surface area contributed by atoms with Gasteiger partial charge in [-0.2, -0.15) is 5.10 Å². The normalized spacial score (nSPS) is 11.7. The minimum Gasteiger partial charge on any atom is -0.459 e. The first-order chi connectivity index (χ1) is 9.25. The summed E-state index contributed by atoms with van der Waals surface area (Å²) in [6.45, 7) is 0. The lowest BCUT2D eigenvalue weighted by molar-refractivity contribution is 0.0927. The van der Waals surface area contributed by atoms with Gasteiger partial charge in [0, 0.05) is 0 Å². The van der Waals surface area contributed by atoms with Crippen LogP contribution >= 0.6 is 11.6 Å². The molecule has 1 aromatic carbocycles. The van der Waals surface area contributed by atoms with Crippen molar-refractivity contribution in [3.8, 4) is 0 Å². The highest BCUT2D eigenvalue weighted by molar-refractivity contribution is 6.41. The molecule has 1 aromatic heterocycles. The van der Waals surface area contributed by atoms with Gasteiger partial charge in [0.2, 0.25) is 0 Å². The molecule has 2 aromatic rings. The van der Waals surface area contributed by atoms with E-state index in [0.717, 1.165) is 5.56 Å². The molecule has 0 atom stereocenters. The lowest BCUT2D eigenvalue weighted by atomic mass is 10.2. The Kier molecular flexibility index (Phi) is 4.53. The molecule has 0 fully saturated rings. The summed E-state index contributed by atoms with van der Waals surface area (Å²) in [6, 6.07) is 12.7. The van der Waals surface area contributed by atoms with Crippen LogP contribution in [0.2, 0.25) is 0 Å². The summed E-state index contributed by atoms with van der Waals surface area (Å²) in [5.41, 5.74) is 3.27. The van der Waals surface area contributed by atoms with Gasteiger partial charge in [0.1, 0.15) is 0 Å². The highest BCUT2D eigenvalue weighted by Crippen LogP contribution is 2.07. The second-order valence-electron chi connectivity index (χ2n) is 3.62. The molecule has 19 heavy (non-hydrogen) atoms. The highest BCUT2D eigenvalue weighted by Gasteiger charge is 2.05. The third-order valence-electron chi connectivity index (χ3n) is 2.20. The van der Waals surface area contributed by atoms with E-state index in [-0.39, 0.29) is 5.76 Å². The van der Waals surface area contributed by atoms with Crippen LogP contribution in [0.3, 0.4) is 0 Å². The molecule has 0 aliphatic heterocycles. The zero-order valence-electron chi connectivity index (χ0n) is 9.92. The van der Waals surface area contributed by atoms with E-state index in [1.54, 1.807) is 18.2 Å². The summed E-state index contributed by atoms with van der Waals surface area (Å²) in [5, 5.41) is 4.15. The molecule has 4 nitrogen and oxygen atoms in total. The first-order valence-corrected chi connectivity index (χ1v) is 5.92. The van der Waals surface area contributed by atoms with Gasteiger partial charge in [-0.25, -0.2) is 5.43 Å². The predicted molar refractivity (Wildman–Crippen MR) is 74.9 cm³/mol. The number of halogens is 1. The molecule has 0 radical (unpaired) electrons. The summed E-state index contributed by atoms with van der Waals surface area (Å²) in [7, 11) is 0. The fourth-order valence-corrected chi connectivity index (χ4v) is 1.54. The van der Waals surface area contributed by atoms with E-state index in [4.69, 9.17) is 16.0 Å². The molecule has 0 saturated heterocycles. The Balaban J connectivity index is 1.92. The van der Waals surface area contributed by atoms with E-state index in [1.165, 1.54) is 12.5 Å². The number of allylic oxidation sites excluding steroid dienone is 1. The molecular formula is C14H11ClN2O2. The summed E-state index contributed by atoms with van der Waals surface area (Å²) >= 11 is 5.96. The van der Waals surface area contributed by atoms with Crippen LogP contribution in [-0.2, 0) is 0 Å². The van der Waals surface area contributed by atoms with Crippen LogP contribution in [0.4, 0.5) is 0 Å². The number of hydrogen-bond acceptors (Lipinski definition) is 3. The van der Waals surface area contributed by atoms with Crippen molar-refractivity contribution in [3.63, 3.8) is 0 Å². The Labute approximate surface area is 115 Å². The molecule has 0 saturated carbocycles. The average Bonchev–Trinajstić information content (AvgIpc) is 2.93. The van der Waals surface area contributed by atoms with Gasteiger partial charge in [-0.1, -0.05) is 41.9 Å². The number of hydrogen-bond donors (Lipinski definition) is 1. The molecule has 5 heteroatoms. The van der Waals surface area contributed by atoms with Crippen molar-refractivity contribution in [1.82, 2.24) is 5.43 Å². The number of hydrazone groups is 1. The standard InChI is InChI=1S/C14H11ClN2O2/c15-12(9-11-5-2-1-3-6-11)10-16-17-14(18)13-7-4-8-19-13/h1-10H,(H,17,18)/b12-9-,16-10+. The van der Waals surface area contributed by atoms with E-state index in [0.29, 0.717) is 5.03 Å². The minimum atomic E-state index is -0.426. The summed E-state index contributed by atoms with van der Waals surface area (Å²) in [4.78, 5) is 11.5. The van der Waals surface area contributed by atoms with Gasteiger partial charge < -0.3 is 4.42 Å². The van der Waals surface area contributed by atoms with Crippen molar-refractivity contribution in [1.29, 1.82) is 0 Å². The molecular weight excluding hydrogens is 264 g/mol. The van der Waals surface area contributed by atoms with E-state index < -0.39 is 5.91 Å². The van der Waals surface area contributed by atoms with Crippen molar-refractivity contribution in [2.75, 3.05) is 0 Å². The fourth-order valence-electron chi connectivity index (χ4n) is 1.36. The Morgan fingerprint density at radius 1 is 1.21 bits per heavy atom. The molecule has 1 amide bonds. The lowest BCUT2D eigenvalue weighted by Gasteiger charge is -1.95. The number of carbonyl (C=O) groups excluding carboxylic acids is 1. The summed E-state index contributed by atoms with van der Waals surface area (Å²) in [5.74, 6) is -0.231. The topological polar surface area (TPSA) is 54.6 Å². The van der Waals surface area contributed by atoms with Crippen LogP contribution in [0.5, 0.6) is 0 Å². The second-order valence-corrected chi connectivity index (χ2v) is 4.05. The Morgan fingerprint density at radius 3 is 2.68 bits per heavy atom. The van der Waals surface area contributed by atoms with E-state index in [9.17, 15) is 4.79 Å². The van der Waals surface area contributed by atoms with Gasteiger partial charge in [0.25, 0.3) is 0 Å². The van der Waals surface area contributed by atoms with Crippen molar-refractivity contribution in [3.05, 3.63) is 65.1 Å². The lowest BCUT2D eigenvalue weighted by Crippen LogP contribution is -2.16. The molecule has 1 heterocycles. The van der Waals surface area contributed by atoms with Crippen LogP contribution in [0.25, 0.3) is 6.08 Å². The van der Waals surface area contributed by atoms with Crippen LogP contribution in [0.1, 0.15) is 16.1 Å². The zero-order chi connectivity index (χ0) is 13.5. The molecule has 0 spiro atoms. The third-order valence-corrected chi connectivity index (χ3v) is 2.41. The fraction of sp³-hybridized carbons (Fsp3) is 0. The largest absolute Gasteiger partial charge is 0.459 e. The molecule has 0 aliphatic rings. The van der Waals surface area contributed by atoms with Crippen LogP contribution in [0, 0.1) is 0 Å². The predicted octanol–water partition coefficient (Wildman–Crippen LogP) is 3.28. The average molecular weight is 275 g/mol. The van der Waals surface area contributed by atoms with Crippen LogP contribution in [0.15, 0.2) is 63.3 Å². The Hall–Kier alpha value is -2.33. The van der Waals surface area contributed by atoms with Gasteiger partial charge in [0.15, 0.2) is 5.76 Å². The first kappa shape index (κ1) is 13.1. The van der Waals surface area contributed by atoms with E-state index >= 15 is 0 Å². The highest BCUT2D eigenvalue weighted by atomic mass is 35.5. The first-order valence-electron chi connectivity index (χ1n) is 5.55. The van der Waals surface area contributed by atoms with Gasteiger partial charge in [-0.05, 0) is 23.8 Å². The molecule has 0 unspecified atom stereocenters. The van der Waals surface area contributed by atoms with Gasteiger partial charge in [-0.15, -0.1) is 0 Å². The number of benzene rings is 1. The maximum absolute atomic E-state index is 11.5. The maximum atomic E-state index is 11.5. The minimum absolute atomic E-state index is 0.195. The molecule has 0 aliphatic carbocycles. The Morgan fingerprint density at radius 2 is 2.00 bits per heavy atom. The second kappa shape index (κ2) is 6.56.